The number of phenolic OH excluding ortho intramolecular Hbond substituents is 1. The summed E-state index contributed by atoms with van der Waals surface area (Å²) >= 11 is 0. The zero-order valence-corrected chi connectivity index (χ0v) is 14.9. The molecular weight excluding hydrogens is 318 g/mol. The van der Waals surface area contributed by atoms with E-state index in [4.69, 9.17) is 9.15 Å². The summed E-state index contributed by atoms with van der Waals surface area (Å²) in [5.41, 5.74) is 2.96. The van der Waals surface area contributed by atoms with Gasteiger partial charge in [0.15, 0.2) is 0 Å². The number of ether oxygens (including phenoxy) is 1. The van der Waals surface area contributed by atoms with E-state index in [1.165, 1.54) is 0 Å². The molecule has 1 saturated heterocycles. The summed E-state index contributed by atoms with van der Waals surface area (Å²) < 4.78 is 11.5. The molecule has 2 aromatic rings. The molecule has 1 aromatic heterocycles. The SMILES string of the molecule is CC1CN(Cc2c(O)ccc3c4c(c(=O)oc23)CCCC4)CC(C)O1. The summed E-state index contributed by atoms with van der Waals surface area (Å²) in [6.45, 7) is 6.28. The quantitative estimate of drug-likeness (QED) is 0.850. The van der Waals surface area contributed by atoms with Crippen molar-refractivity contribution in [2.45, 2.75) is 58.3 Å². The molecule has 2 aliphatic rings. The van der Waals surface area contributed by atoms with E-state index in [0.29, 0.717) is 17.7 Å². The predicted molar refractivity (Wildman–Crippen MR) is 96.1 cm³/mol. The molecule has 0 spiro atoms. The number of fused-ring (bicyclic) bond motifs is 3. The third kappa shape index (κ3) is 3.07. The fourth-order valence-electron chi connectivity index (χ4n) is 4.34. The molecule has 1 N–H and O–H groups in total. The predicted octanol–water partition coefficient (Wildman–Crippen LogP) is 2.99. The van der Waals surface area contributed by atoms with Crippen LogP contribution >= 0.6 is 0 Å². The van der Waals surface area contributed by atoms with Crippen LogP contribution in [-0.4, -0.2) is 35.3 Å². The second-order valence-electron chi connectivity index (χ2n) is 7.45. The summed E-state index contributed by atoms with van der Waals surface area (Å²) in [6, 6.07) is 3.63. The topological polar surface area (TPSA) is 62.9 Å². The molecular formula is C20H25NO4. The second kappa shape index (κ2) is 6.46. The fourth-order valence-corrected chi connectivity index (χ4v) is 4.34. The lowest BCUT2D eigenvalue weighted by Gasteiger charge is -2.35. The number of aryl methyl sites for hydroxylation is 1. The van der Waals surface area contributed by atoms with Gasteiger partial charge in [0, 0.05) is 30.6 Å². The Labute approximate surface area is 147 Å². The van der Waals surface area contributed by atoms with E-state index in [1.54, 1.807) is 6.07 Å². The average molecular weight is 343 g/mol. The van der Waals surface area contributed by atoms with E-state index in [2.05, 4.69) is 18.7 Å². The van der Waals surface area contributed by atoms with Crippen LogP contribution in [-0.2, 0) is 24.1 Å². The molecule has 1 fully saturated rings. The zero-order valence-electron chi connectivity index (χ0n) is 14.9. The van der Waals surface area contributed by atoms with Crippen LogP contribution in [0.1, 0.15) is 43.4 Å². The van der Waals surface area contributed by atoms with Gasteiger partial charge in [-0.15, -0.1) is 0 Å². The Morgan fingerprint density at radius 1 is 1.12 bits per heavy atom. The maximum atomic E-state index is 12.5. The van der Waals surface area contributed by atoms with E-state index < -0.39 is 0 Å². The van der Waals surface area contributed by atoms with Gasteiger partial charge >= 0.3 is 5.63 Å². The molecule has 1 aliphatic carbocycles. The van der Waals surface area contributed by atoms with Gasteiger partial charge in [0.1, 0.15) is 11.3 Å². The van der Waals surface area contributed by atoms with Crippen LogP contribution in [0.25, 0.3) is 11.0 Å². The van der Waals surface area contributed by atoms with Crippen molar-refractivity contribution in [2.24, 2.45) is 0 Å². The highest BCUT2D eigenvalue weighted by molar-refractivity contribution is 5.86. The van der Waals surface area contributed by atoms with Crippen molar-refractivity contribution in [1.82, 2.24) is 4.90 Å². The Morgan fingerprint density at radius 3 is 2.52 bits per heavy atom. The number of benzene rings is 1. The first kappa shape index (κ1) is 16.6. The molecule has 5 heteroatoms. The maximum absolute atomic E-state index is 12.5. The first-order valence-corrected chi connectivity index (χ1v) is 9.20. The number of nitrogens with zero attached hydrogens (tertiary/aromatic N) is 1. The second-order valence-corrected chi connectivity index (χ2v) is 7.45. The Balaban J connectivity index is 1.79. The van der Waals surface area contributed by atoms with Gasteiger partial charge in [-0.2, -0.15) is 0 Å². The molecule has 1 aromatic carbocycles. The molecule has 0 radical (unpaired) electrons. The maximum Gasteiger partial charge on any atom is 0.339 e. The minimum Gasteiger partial charge on any atom is -0.507 e. The normalized spacial score (nSPS) is 24.4. The van der Waals surface area contributed by atoms with Crippen LogP contribution < -0.4 is 5.63 Å². The van der Waals surface area contributed by atoms with E-state index in [-0.39, 0.29) is 23.6 Å². The van der Waals surface area contributed by atoms with Crippen LogP contribution in [0.5, 0.6) is 5.75 Å². The Bertz CT molecular complexity index is 847. The van der Waals surface area contributed by atoms with Crippen LogP contribution in [0.15, 0.2) is 21.3 Å². The van der Waals surface area contributed by atoms with Crippen molar-refractivity contribution in [3.8, 4) is 5.75 Å². The monoisotopic (exact) mass is 343 g/mol. The van der Waals surface area contributed by atoms with Crippen molar-refractivity contribution in [2.75, 3.05) is 13.1 Å². The first-order valence-electron chi connectivity index (χ1n) is 9.20. The highest BCUT2D eigenvalue weighted by Crippen LogP contribution is 2.33. The summed E-state index contributed by atoms with van der Waals surface area (Å²) in [7, 11) is 0. The molecule has 134 valence electrons. The zero-order chi connectivity index (χ0) is 17.6. The number of rotatable bonds is 2. The third-order valence-corrected chi connectivity index (χ3v) is 5.35. The number of morpholine rings is 1. The molecule has 4 rings (SSSR count). The van der Waals surface area contributed by atoms with Gasteiger partial charge < -0.3 is 14.3 Å². The van der Waals surface area contributed by atoms with Crippen molar-refractivity contribution in [3.05, 3.63) is 39.2 Å². The highest BCUT2D eigenvalue weighted by atomic mass is 16.5. The minimum absolute atomic E-state index is 0.153. The molecule has 0 bridgehead atoms. The van der Waals surface area contributed by atoms with Crippen LogP contribution in [0.2, 0.25) is 0 Å². The van der Waals surface area contributed by atoms with Crippen LogP contribution in [0.3, 0.4) is 0 Å². The summed E-state index contributed by atoms with van der Waals surface area (Å²) in [4.78, 5) is 14.7. The molecule has 5 nitrogen and oxygen atoms in total. The summed E-state index contributed by atoms with van der Waals surface area (Å²) in [5, 5.41) is 11.4. The summed E-state index contributed by atoms with van der Waals surface area (Å²) in [5.74, 6) is 0.193. The number of hydrogen-bond donors (Lipinski definition) is 1. The van der Waals surface area contributed by atoms with Gasteiger partial charge in [-0.25, -0.2) is 4.79 Å². The molecule has 0 saturated carbocycles. The molecule has 2 heterocycles. The van der Waals surface area contributed by atoms with Gasteiger partial charge in [0.2, 0.25) is 0 Å². The van der Waals surface area contributed by atoms with E-state index in [0.717, 1.165) is 55.3 Å². The standard InChI is InChI=1S/C20H25NO4/c1-12-9-21(10-13(2)24-12)11-17-18(22)8-7-15-14-5-3-4-6-16(14)20(23)25-19(15)17/h7-8,12-13,22H,3-6,9-11H2,1-2H3. The van der Waals surface area contributed by atoms with Gasteiger partial charge in [0.05, 0.1) is 17.8 Å². The largest absolute Gasteiger partial charge is 0.507 e. The minimum atomic E-state index is -0.238. The van der Waals surface area contributed by atoms with E-state index in [9.17, 15) is 9.90 Å². The Kier molecular flexibility index (Phi) is 4.29. The summed E-state index contributed by atoms with van der Waals surface area (Å²) in [6.07, 6.45) is 4.15. The molecule has 0 amide bonds. The highest BCUT2D eigenvalue weighted by Gasteiger charge is 2.26. The Morgan fingerprint density at radius 2 is 1.80 bits per heavy atom. The molecule has 2 unspecified atom stereocenters. The third-order valence-electron chi connectivity index (χ3n) is 5.35. The van der Waals surface area contributed by atoms with Gasteiger partial charge in [-0.1, -0.05) is 0 Å². The number of aromatic hydroxyl groups is 1. The van der Waals surface area contributed by atoms with Crippen molar-refractivity contribution < 1.29 is 14.3 Å². The van der Waals surface area contributed by atoms with Crippen LogP contribution in [0, 0.1) is 0 Å². The molecule has 2 atom stereocenters. The van der Waals surface area contributed by atoms with E-state index in [1.807, 2.05) is 6.07 Å². The van der Waals surface area contributed by atoms with Crippen molar-refractivity contribution in [1.29, 1.82) is 0 Å². The average Bonchev–Trinajstić information content (AvgIpc) is 2.57. The van der Waals surface area contributed by atoms with E-state index >= 15 is 0 Å². The molecule has 1 aliphatic heterocycles. The molecule has 25 heavy (non-hydrogen) atoms. The fraction of sp³-hybridized carbons (Fsp3) is 0.550. The smallest absolute Gasteiger partial charge is 0.339 e. The van der Waals surface area contributed by atoms with Crippen molar-refractivity contribution in [3.63, 3.8) is 0 Å². The first-order chi connectivity index (χ1) is 12.0. The van der Waals surface area contributed by atoms with Crippen molar-refractivity contribution >= 4 is 11.0 Å². The Hall–Kier alpha value is -1.85. The number of phenols is 1. The van der Waals surface area contributed by atoms with Gasteiger partial charge in [-0.3, -0.25) is 4.90 Å². The lowest BCUT2D eigenvalue weighted by atomic mass is 9.90. The van der Waals surface area contributed by atoms with Gasteiger partial charge in [-0.05, 0) is 57.2 Å². The number of hydrogen-bond acceptors (Lipinski definition) is 5. The lowest BCUT2D eigenvalue weighted by molar-refractivity contribution is -0.0705. The van der Waals surface area contributed by atoms with Crippen LogP contribution in [0.4, 0.5) is 0 Å². The lowest BCUT2D eigenvalue weighted by Crippen LogP contribution is -2.44. The van der Waals surface area contributed by atoms with Gasteiger partial charge in [0.25, 0.3) is 0 Å².